The number of carbonyl (C=O) groups is 2. The number of nitrogens with one attached hydrogen (secondary N) is 2. The highest BCUT2D eigenvalue weighted by Crippen LogP contribution is 2.30. The number of primary amides is 1. The average Bonchev–Trinajstić information content (AvgIpc) is 2.59. The Bertz CT molecular complexity index is 571. The molecule has 1 fully saturated rings. The molecule has 0 unspecified atom stereocenters. The van der Waals surface area contributed by atoms with Crippen molar-refractivity contribution < 1.29 is 19.1 Å². The van der Waals surface area contributed by atoms with Crippen LogP contribution in [0, 0.1) is 5.92 Å². The Hall–Kier alpha value is -2.28. The van der Waals surface area contributed by atoms with Crippen LogP contribution in [-0.2, 0) is 9.59 Å². The van der Waals surface area contributed by atoms with Gasteiger partial charge in [-0.15, -0.1) is 0 Å². The van der Waals surface area contributed by atoms with E-state index in [9.17, 15) is 9.59 Å². The third-order valence-electron chi connectivity index (χ3n) is 4.06. The summed E-state index contributed by atoms with van der Waals surface area (Å²) in [4.78, 5) is 23.0. The van der Waals surface area contributed by atoms with E-state index in [4.69, 9.17) is 15.2 Å². The third-order valence-corrected chi connectivity index (χ3v) is 4.06. The molecule has 0 atom stereocenters. The molecule has 0 bridgehead atoms. The van der Waals surface area contributed by atoms with Crippen LogP contribution in [0.2, 0.25) is 0 Å². The van der Waals surface area contributed by atoms with Crippen molar-refractivity contribution in [3.05, 3.63) is 18.2 Å². The normalized spacial score (nSPS) is 14.9. The van der Waals surface area contributed by atoms with Gasteiger partial charge in [-0.1, -0.05) is 0 Å². The van der Waals surface area contributed by atoms with Crippen molar-refractivity contribution in [2.45, 2.75) is 25.7 Å². The zero-order valence-corrected chi connectivity index (χ0v) is 14.0. The van der Waals surface area contributed by atoms with E-state index in [1.54, 1.807) is 18.2 Å². The molecular weight excluding hydrogens is 310 g/mol. The molecule has 2 amide bonds. The van der Waals surface area contributed by atoms with E-state index in [0.717, 1.165) is 32.4 Å². The minimum Gasteiger partial charge on any atom is -0.493 e. The van der Waals surface area contributed by atoms with Gasteiger partial charge in [0.2, 0.25) is 5.91 Å². The van der Waals surface area contributed by atoms with Gasteiger partial charge in [0.1, 0.15) is 0 Å². The van der Waals surface area contributed by atoms with E-state index in [0.29, 0.717) is 29.5 Å². The summed E-state index contributed by atoms with van der Waals surface area (Å²) < 4.78 is 10.5. The number of amides is 2. The standard InChI is InChI=1S/C17H25N3O4/c1-23-14-4-3-13(10-15(14)24-11-16(18)21)20-17(22)5-2-12-6-8-19-9-7-12/h3-4,10,12,19H,2,5-9,11H2,1H3,(H2,18,21)(H,20,22). The SMILES string of the molecule is COc1ccc(NC(=O)CCC2CCNCC2)cc1OCC(N)=O. The summed E-state index contributed by atoms with van der Waals surface area (Å²) >= 11 is 0. The molecular formula is C17H25N3O4. The van der Waals surface area contributed by atoms with Crippen LogP contribution in [0.15, 0.2) is 18.2 Å². The van der Waals surface area contributed by atoms with Crippen molar-refractivity contribution in [1.82, 2.24) is 5.32 Å². The third kappa shape index (κ3) is 5.73. The van der Waals surface area contributed by atoms with Gasteiger partial charge < -0.3 is 25.8 Å². The summed E-state index contributed by atoms with van der Waals surface area (Å²) in [5.74, 6) is 0.853. The Balaban J connectivity index is 1.89. The fourth-order valence-electron chi connectivity index (χ4n) is 2.75. The topological polar surface area (TPSA) is 103 Å². The second kappa shape index (κ2) is 9.12. The molecule has 4 N–H and O–H groups in total. The summed E-state index contributed by atoms with van der Waals surface area (Å²) in [6, 6.07) is 5.04. The van der Waals surface area contributed by atoms with Gasteiger partial charge in [-0.25, -0.2) is 0 Å². The zero-order valence-electron chi connectivity index (χ0n) is 14.0. The van der Waals surface area contributed by atoms with Crippen LogP contribution in [-0.4, -0.2) is 38.6 Å². The molecule has 1 aliphatic heterocycles. The number of carbonyl (C=O) groups excluding carboxylic acids is 2. The first-order valence-electron chi connectivity index (χ1n) is 8.18. The fraction of sp³-hybridized carbons (Fsp3) is 0.529. The van der Waals surface area contributed by atoms with Crippen LogP contribution in [0.4, 0.5) is 5.69 Å². The highest BCUT2D eigenvalue weighted by Gasteiger charge is 2.15. The molecule has 0 radical (unpaired) electrons. The van der Waals surface area contributed by atoms with Crippen molar-refractivity contribution in [1.29, 1.82) is 0 Å². The number of methoxy groups -OCH3 is 1. The Morgan fingerprint density at radius 3 is 2.71 bits per heavy atom. The largest absolute Gasteiger partial charge is 0.493 e. The quantitative estimate of drug-likeness (QED) is 0.664. The maximum atomic E-state index is 12.1. The summed E-state index contributed by atoms with van der Waals surface area (Å²) in [6.07, 6.45) is 3.64. The van der Waals surface area contributed by atoms with Gasteiger partial charge in [-0.3, -0.25) is 9.59 Å². The summed E-state index contributed by atoms with van der Waals surface area (Å²) in [6.45, 7) is 1.82. The number of rotatable bonds is 8. The van der Waals surface area contributed by atoms with Crippen LogP contribution in [0.1, 0.15) is 25.7 Å². The van der Waals surface area contributed by atoms with Crippen molar-refractivity contribution in [2.24, 2.45) is 11.7 Å². The molecule has 0 spiro atoms. The molecule has 0 aromatic heterocycles. The molecule has 1 saturated heterocycles. The number of hydrogen-bond donors (Lipinski definition) is 3. The van der Waals surface area contributed by atoms with Crippen LogP contribution in [0.25, 0.3) is 0 Å². The van der Waals surface area contributed by atoms with E-state index in [1.807, 2.05) is 0 Å². The van der Waals surface area contributed by atoms with Gasteiger partial charge in [0, 0.05) is 18.2 Å². The highest BCUT2D eigenvalue weighted by molar-refractivity contribution is 5.91. The number of benzene rings is 1. The summed E-state index contributed by atoms with van der Waals surface area (Å²) in [7, 11) is 1.50. The molecule has 24 heavy (non-hydrogen) atoms. The number of anilines is 1. The number of nitrogens with two attached hydrogens (primary N) is 1. The first kappa shape index (κ1) is 18.1. The van der Waals surface area contributed by atoms with Crippen molar-refractivity contribution >= 4 is 17.5 Å². The Morgan fingerprint density at radius 1 is 1.29 bits per heavy atom. The Morgan fingerprint density at radius 2 is 2.04 bits per heavy atom. The minimum atomic E-state index is -0.575. The average molecular weight is 335 g/mol. The Kier molecular flexibility index (Phi) is 6.87. The van der Waals surface area contributed by atoms with Crippen LogP contribution >= 0.6 is 0 Å². The molecule has 1 aliphatic rings. The molecule has 132 valence electrons. The van der Waals surface area contributed by atoms with Crippen LogP contribution in [0.3, 0.4) is 0 Å². The predicted molar refractivity (Wildman–Crippen MR) is 91.1 cm³/mol. The molecule has 0 saturated carbocycles. The van der Waals surface area contributed by atoms with Crippen molar-refractivity contribution in [3.8, 4) is 11.5 Å². The lowest BCUT2D eigenvalue weighted by Crippen LogP contribution is -2.28. The van der Waals surface area contributed by atoms with E-state index in [2.05, 4.69) is 10.6 Å². The van der Waals surface area contributed by atoms with Gasteiger partial charge in [0.25, 0.3) is 5.91 Å². The van der Waals surface area contributed by atoms with E-state index in [1.165, 1.54) is 7.11 Å². The molecule has 0 aliphatic carbocycles. The molecule has 7 nitrogen and oxygen atoms in total. The van der Waals surface area contributed by atoms with E-state index < -0.39 is 5.91 Å². The number of hydrogen-bond acceptors (Lipinski definition) is 5. The maximum Gasteiger partial charge on any atom is 0.255 e. The van der Waals surface area contributed by atoms with Gasteiger partial charge in [-0.2, -0.15) is 0 Å². The first-order chi connectivity index (χ1) is 11.6. The van der Waals surface area contributed by atoms with Crippen LogP contribution in [0.5, 0.6) is 11.5 Å². The minimum absolute atomic E-state index is 0.0282. The fourth-order valence-corrected chi connectivity index (χ4v) is 2.75. The summed E-state index contributed by atoms with van der Waals surface area (Å²) in [5, 5.41) is 6.17. The summed E-state index contributed by atoms with van der Waals surface area (Å²) in [5.41, 5.74) is 5.68. The molecule has 1 aromatic carbocycles. The molecule has 1 aromatic rings. The van der Waals surface area contributed by atoms with Gasteiger partial charge >= 0.3 is 0 Å². The highest BCUT2D eigenvalue weighted by atomic mass is 16.5. The van der Waals surface area contributed by atoms with Gasteiger partial charge in [0.05, 0.1) is 7.11 Å². The number of piperidine rings is 1. The monoisotopic (exact) mass is 335 g/mol. The molecule has 1 heterocycles. The Labute approximate surface area is 141 Å². The van der Waals surface area contributed by atoms with Gasteiger partial charge in [0.15, 0.2) is 18.1 Å². The molecule has 2 rings (SSSR count). The van der Waals surface area contributed by atoms with Crippen molar-refractivity contribution in [2.75, 3.05) is 32.1 Å². The van der Waals surface area contributed by atoms with Crippen molar-refractivity contribution in [3.63, 3.8) is 0 Å². The predicted octanol–water partition coefficient (Wildman–Crippen LogP) is 1.28. The number of ether oxygens (including phenoxy) is 2. The lowest BCUT2D eigenvalue weighted by molar-refractivity contribution is -0.120. The second-order valence-electron chi connectivity index (χ2n) is 5.90. The second-order valence-corrected chi connectivity index (χ2v) is 5.90. The maximum absolute atomic E-state index is 12.1. The van der Waals surface area contributed by atoms with E-state index >= 15 is 0 Å². The molecule has 7 heteroatoms. The van der Waals surface area contributed by atoms with E-state index in [-0.39, 0.29) is 12.5 Å². The van der Waals surface area contributed by atoms with Gasteiger partial charge in [-0.05, 0) is 50.4 Å². The first-order valence-corrected chi connectivity index (χ1v) is 8.18. The zero-order chi connectivity index (χ0) is 17.4. The smallest absolute Gasteiger partial charge is 0.255 e. The lowest BCUT2D eigenvalue weighted by Gasteiger charge is -2.22. The lowest BCUT2D eigenvalue weighted by atomic mass is 9.93. The van der Waals surface area contributed by atoms with Crippen LogP contribution < -0.4 is 25.8 Å².